The summed E-state index contributed by atoms with van der Waals surface area (Å²) < 4.78 is 16.9. The summed E-state index contributed by atoms with van der Waals surface area (Å²) in [4.78, 5) is 15.9. The number of aryl methyl sites for hydroxylation is 1. The molecule has 28 heavy (non-hydrogen) atoms. The number of thioether (sulfide) groups is 1. The molecular formula is C21H22N2O4S. The third-order valence-corrected chi connectivity index (χ3v) is 4.59. The van der Waals surface area contributed by atoms with Crippen molar-refractivity contribution in [3.05, 3.63) is 64.6 Å². The second-order valence-corrected chi connectivity index (χ2v) is 7.13. The number of aliphatic imine (C=N–C) groups is 1. The molecule has 0 aliphatic carbocycles. The first kappa shape index (κ1) is 20.0. The fraction of sp³-hybridized carbons (Fsp3) is 0.238. The Hall–Kier alpha value is -2.77. The molecule has 3 rings (SSSR count). The zero-order chi connectivity index (χ0) is 19.8. The van der Waals surface area contributed by atoms with Gasteiger partial charge >= 0.3 is 0 Å². The summed E-state index contributed by atoms with van der Waals surface area (Å²) in [5, 5.41) is 0.271. The van der Waals surface area contributed by atoms with Crippen LogP contribution in [-0.4, -0.2) is 37.5 Å². The van der Waals surface area contributed by atoms with Crippen molar-refractivity contribution in [3.63, 3.8) is 0 Å². The molecule has 0 spiro atoms. The topological polar surface area (TPSA) is 83.1 Å². The minimum Gasteiger partial charge on any atom is -0.491 e. The van der Waals surface area contributed by atoms with Crippen LogP contribution in [0, 0.1) is 6.92 Å². The van der Waals surface area contributed by atoms with Gasteiger partial charge in [-0.2, -0.15) is 4.99 Å². The van der Waals surface area contributed by atoms with Gasteiger partial charge in [0.25, 0.3) is 5.91 Å². The number of carbonyl (C=O) groups excluding carboxylic acids is 1. The molecule has 0 atom stereocenters. The average molecular weight is 398 g/mol. The molecule has 2 N–H and O–H groups in total. The first-order chi connectivity index (χ1) is 13.6. The molecular weight excluding hydrogens is 376 g/mol. The quantitative estimate of drug-likeness (QED) is 0.515. The summed E-state index contributed by atoms with van der Waals surface area (Å²) in [6, 6.07) is 15.4. The Morgan fingerprint density at radius 2 is 1.68 bits per heavy atom. The van der Waals surface area contributed by atoms with Crippen molar-refractivity contribution in [1.82, 2.24) is 0 Å². The minimum atomic E-state index is -0.310. The standard InChI is InChI=1S/C21H22N2O4S/c1-15-4-2-6-17(12-15)26-10-8-25-9-11-27-18-7-3-5-16(13-18)14-19-20(24)23-21(22)28-19/h2-7,12-14H,8-11H2,1H3,(H2,22,23,24)/b19-14-. The highest BCUT2D eigenvalue weighted by atomic mass is 32.2. The maximum atomic E-state index is 11.7. The maximum Gasteiger partial charge on any atom is 0.286 e. The molecule has 0 fully saturated rings. The number of ether oxygens (including phenoxy) is 3. The number of benzene rings is 2. The lowest BCUT2D eigenvalue weighted by molar-refractivity contribution is -0.113. The Morgan fingerprint density at radius 1 is 1.00 bits per heavy atom. The molecule has 2 aromatic rings. The average Bonchev–Trinajstić information content (AvgIpc) is 2.98. The number of nitrogens with zero attached hydrogens (tertiary/aromatic N) is 1. The summed E-state index contributed by atoms with van der Waals surface area (Å²) in [5.41, 5.74) is 7.57. The molecule has 1 aliphatic rings. The lowest BCUT2D eigenvalue weighted by Crippen LogP contribution is -2.12. The van der Waals surface area contributed by atoms with E-state index < -0.39 is 0 Å². The summed E-state index contributed by atoms with van der Waals surface area (Å²) >= 11 is 1.17. The van der Waals surface area contributed by atoms with Gasteiger partial charge in [-0.15, -0.1) is 0 Å². The summed E-state index contributed by atoms with van der Waals surface area (Å²) in [5.74, 6) is 1.24. The molecule has 0 unspecified atom stereocenters. The normalized spacial score (nSPS) is 15.0. The van der Waals surface area contributed by atoms with Crippen molar-refractivity contribution in [2.45, 2.75) is 6.92 Å². The molecule has 1 heterocycles. The molecule has 7 heteroatoms. The van der Waals surface area contributed by atoms with Gasteiger partial charge in [0.05, 0.1) is 18.1 Å². The van der Waals surface area contributed by atoms with Crippen LogP contribution in [0.4, 0.5) is 0 Å². The summed E-state index contributed by atoms with van der Waals surface area (Å²) in [6.45, 7) is 3.89. The van der Waals surface area contributed by atoms with Gasteiger partial charge in [0.2, 0.25) is 0 Å². The number of hydrogen-bond donors (Lipinski definition) is 1. The van der Waals surface area contributed by atoms with Gasteiger partial charge in [0.1, 0.15) is 24.7 Å². The van der Waals surface area contributed by atoms with Crippen LogP contribution in [-0.2, 0) is 9.53 Å². The maximum absolute atomic E-state index is 11.7. The largest absolute Gasteiger partial charge is 0.491 e. The fourth-order valence-electron chi connectivity index (χ4n) is 2.52. The van der Waals surface area contributed by atoms with E-state index in [1.54, 1.807) is 6.08 Å². The van der Waals surface area contributed by atoms with E-state index in [2.05, 4.69) is 4.99 Å². The molecule has 1 amide bonds. The third-order valence-electron chi connectivity index (χ3n) is 3.78. The number of rotatable bonds is 9. The minimum absolute atomic E-state index is 0.271. The lowest BCUT2D eigenvalue weighted by Gasteiger charge is -2.09. The van der Waals surface area contributed by atoms with Gasteiger partial charge in [-0.1, -0.05) is 24.3 Å². The predicted molar refractivity (Wildman–Crippen MR) is 112 cm³/mol. The number of hydrogen-bond acceptors (Lipinski definition) is 6. The van der Waals surface area contributed by atoms with Crippen LogP contribution in [0.1, 0.15) is 11.1 Å². The zero-order valence-corrected chi connectivity index (χ0v) is 16.4. The van der Waals surface area contributed by atoms with Crippen molar-refractivity contribution in [1.29, 1.82) is 0 Å². The van der Waals surface area contributed by atoms with E-state index >= 15 is 0 Å². The molecule has 0 saturated carbocycles. The molecule has 0 aromatic heterocycles. The van der Waals surface area contributed by atoms with E-state index in [9.17, 15) is 4.79 Å². The zero-order valence-electron chi connectivity index (χ0n) is 15.6. The van der Waals surface area contributed by atoms with E-state index in [-0.39, 0.29) is 11.1 Å². The first-order valence-electron chi connectivity index (χ1n) is 8.88. The smallest absolute Gasteiger partial charge is 0.286 e. The van der Waals surface area contributed by atoms with E-state index in [1.807, 2.05) is 55.5 Å². The Bertz CT molecular complexity index is 895. The van der Waals surface area contributed by atoms with Gasteiger partial charge < -0.3 is 19.9 Å². The Balaban J connectivity index is 1.36. The van der Waals surface area contributed by atoms with Gasteiger partial charge in [-0.25, -0.2) is 0 Å². The highest BCUT2D eigenvalue weighted by molar-refractivity contribution is 8.18. The number of carbonyl (C=O) groups is 1. The Labute approximate surface area is 168 Å². The van der Waals surface area contributed by atoms with E-state index in [1.165, 1.54) is 11.8 Å². The van der Waals surface area contributed by atoms with Crippen LogP contribution in [0.2, 0.25) is 0 Å². The van der Waals surface area contributed by atoms with Gasteiger partial charge in [0.15, 0.2) is 5.17 Å². The highest BCUT2D eigenvalue weighted by Gasteiger charge is 2.19. The lowest BCUT2D eigenvalue weighted by atomic mass is 10.2. The molecule has 1 aliphatic heterocycles. The molecule has 0 saturated heterocycles. The van der Waals surface area contributed by atoms with E-state index in [0.29, 0.717) is 37.1 Å². The second kappa shape index (κ2) is 9.96. The van der Waals surface area contributed by atoms with E-state index in [4.69, 9.17) is 19.9 Å². The summed E-state index contributed by atoms with van der Waals surface area (Å²) in [6.07, 6.45) is 1.75. The number of nitrogens with two attached hydrogens (primary N) is 1. The van der Waals surface area contributed by atoms with Crippen molar-refractivity contribution < 1.29 is 19.0 Å². The molecule has 146 valence electrons. The summed E-state index contributed by atoms with van der Waals surface area (Å²) in [7, 11) is 0. The Kier molecular flexibility index (Phi) is 7.11. The van der Waals surface area contributed by atoms with Crippen molar-refractivity contribution in [2.24, 2.45) is 10.7 Å². The van der Waals surface area contributed by atoms with Crippen LogP contribution in [0.15, 0.2) is 58.4 Å². The van der Waals surface area contributed by atoms with Crippen LogP contribution in [0.3, 0.4) is 0 Å². The van der Waals surface area contributed by atoms with Crippen LogP contribution in [0.25, 0.3) is 6.08 Å². The molecule has 6 nitrogen and oxygen atoms in total. The number of amidine groups is 1. The molecule has 0 radical (unpaired) electrons. The van der Waals surface area contributed by atoms with Crippen LogP contribution in [0.5, 0.6) is 11.5 Å². The second-order valence-electron chi connectivity index (χ2n) is 6.06. The van der Waals surface area contributed by atoms with Gasteiger partial charge in [-0.3, -0.25) is 4.79 Å². The van der Waals surface area contributed by atoms with E-state index in [0.717, 1.165) is 16.9 Å². The fourth-order valence-corrected chi connectivity index (χ4v) is 3.20. The highest BCUT2D eigenvalue weighted by Crippen LogP contribution is 2.27. The van der Waals surface area contributed by atoms with Gasteiger partial charge in [-0.05, 0) is 60.2 Å². The van der Waals surface area contributed by atoms with Crippen molar-refractivity contribution in [2.75, 3.05) is 26.4 Å². The SMILES string of the molecule is Cc1cccc(OCCOCCOc2cccc(/C=C3\SC(N)=NC3=O)c2)c1. The van der Waals surface area contributed by atoms with Crippen molar-refractivity contribution in [3.8, 4) is 11.5 Å². The van der Waals surface area contributed by atoms with Crippen LogP contribution >= 0.6 is 11.8 Å². The van der Waals surface area contributed by atoms with Gasteiger partial charge in [0, 0.05) is 0 Å². The van der Waals surface area contributed by atoms with Crippen molar-refractivity contribution >= 4 is 28.9 Å². The monoisotopic (exact) mass is 398 g/mol. The molecule has 2 aromatic carbocycles. The van der Waals surface area contributed by atoms with Crippen LogP contribution < -0.4 is 15.2 Å². The first-order valence-corrected chi connectivity index (χ1v) is 9.70. The predicted octanol–water partition coefficient (Wildman–Crippen LogP) is 3.40. The number of amides is 1. The molecule has 0 bridgehead atoms. The third kappa shape index (κ3) is 6.14. The Morgan fingerprint density at radius 3 is 2.32 bits per heavy atom.